The fourth-order valence-electron chi connectivity index (χ4n) is 1.81. The molecule has 0 fully saturated rings. The van der Waals surface area contributed by atoms with Gasteiger partial charge in [0.1, 0.15) is 5.84 Å². The molecule has 2 N–H and O–H groups in total. The summed E-state index contributed by atoms with van der Waals surface area (Å²) in [6.07, 6.45) is -0.506. The Balaban J connectivity index is 2.23. The second-order valence-electron chi connectivity index (χ2n) is 4.52. The number of carbonyl (C=O) groups excluding carboxylic acids is 1. The van der Waals surface area contributed by atoms with Gasteiger partial charge in [-0.05, 0) is 25.5 Å². The van der Waals surface area contributed by atoms with Crippen LogP contribution in [0.2, 0.25) is 0 Å². The van der Waals surface area contributed by atoms with E-state index in [0.717, 1.165) is 11.3 Å². The summed E-state index contributed by atoms with van der Waals surface area (Å²) < 4.78 is 5.19. The molecule has 0 unspecified atom stereocenters. The van der Waals surface area contributed by atoms with Crippen LogP contribution in [0.1, 0.15) is 19.4 Å². The van der Waals surface area contributed by atoms with E-state index in [1.165, 1.54) is 0 Å². The third-order valence-electron chi connectivity index (χ3n) is 2.56. The maximum Gasteiger partial charge on any atom is 0.410 e. The number of rotatable bonds is 1. The molecule has 1 aromatic rings. The summed E-state index contributed by atoms with van der Waals surface area (Å²) >= 11 is 0. The van der Waals surface area contributed by atoms with Gasteiger partial charge in [0.05, 0.1) is 24.9 Å². The third-order valence-corrected chi connectivity index (χ3v) is 2.56. The van der Waals surface area contributed by atoms with E-state index in [2.05, 4.69) is 4.99 Å². The van der Waals surface area contributed by atoms with Crippen molar-refractivity contribution in [3.8, 4) is 0 Å². The lowest BCUT2D eigenvalue weighted by molar-refractivity contribution is 0.0793. The van der Waals surface area contributed by atoms with Crippen LogP contribution in [0, 0.1) is 0 Å². The molecule has 0 bridgehead atoms. The van der Waals surface area contributed by atoms with Crippen LogP contribution in [0.3, 0.4) is 0 Å². The Morgan fingerprint density at radius 1 is 1.39 bits per heavy atom. The number of nitrogens with two attached hydrogens (primary N) is 1. The zero-order valence-electron chi connectivity index (χ0n) is 10.6. The van der Waals surface area contributed by atoms with Gasteiger partial charge in [-0.15, -0.1) is 0 Å². The first-order valence-corrected chi connectivity index (χ1v) is 5.93. The lowest BCUT2D eigenvalue weighted by Gasteiger charge is -2.21. The third kappa shape index (κ3) is 2.80. The van der Waals surface area contributed by atoms with E-state index in [1.54, 1.807) is 4.90 Å². The van der Waals surface area contributed by atoms with E-state index >= 15 is 0 Å². The number of aliphatic imine (C=N–C) groups is 1. The summed E-state index contributed by atoms with van der Waals surface area (Å²) in [5, 5.41) is 0. The number of ether oxygens (including phenoxy) is 1. The molecule has 96 valence electrons. The predicted octanol–water partition coefficient (Wildman–Crippen LogP) is 2.04. The Morgan fingerprint density at radius 3 is 2.83 bits per heavy atom. The molecule has 0 saturated carbocycles. The fourth-order valence-corrected chi connectivity index (χ4v) is 1.81. The Morgan fingerprint density at radius 2 is 2.11 bits per heavy atom. The van der Waals surface area contributed by atoms with Crippen LogP contribution in [0.15, 0.2) is 29.3 Å². The van der Waals surface area contributed by atoms with Gasteiger partial charge in [0.15, 0.2) is 0 Å². The zero-order valence-corrected chi connectivity index (χ0v) is 10.6. The highest BCUT2D eigenvalue weighted by Crippen LogP contribution is 2.23. The Hall–Kier alpha value is -2.04. The first-order chi connectivity index (χ1) is 8.56. The van der Waals surface area contributed by atoms with Crippen LogP contribution in [-0.4, -0.2) is 29.5 Å². The summed E-state index contributed by atoms with van der Waals surface area (Å²) in [6.45, 7) is 4.40. The van der Waals surface area contributed by atoms with Crippen molar-refractivity contribution < 1.29 is 9.53 Å². The van der Waals surface area contributed by atoms with E-state index in [-0.39, 0.29) is 12.2 Å². The molecule has 0 atom stereocenters. The molecule has 0 aromatic heterocycles. The van der Waals surface area contributed by atoms with Crippen LogP contribution in [0.5, 0.6) is 0 Å². The second-order valence-corrected chi connectivity index (χ2v) is 4.52. The number of benzene rings is 1. The first kappa shape index (κ1) is 12.4. The number of hydrogen-bond acceptors (Lipinski definition) is 4. The predicted molar refractivity (Wildman–Crippen MR) is 69.8 cm³/mol. The monoisotopic (exact) mass is 247 g/mol. The maximum atomic E-state index is 11.9. The SMILES string of the molecule is CC(C)OC(=O)N1CC(N)=Nc2ccccc2C1. The number of amides is 1. The standard InChI is InChI=1S/C13H17N3O2/c1-9(2)18-13(17)16-7-10-5-3-4-6-11(10)15-12(14)8-16/h3-6,9H,7-8H2,1-2H3,(H2,14,15). The fraction of sp³-hybridized carbons (Fsp3) is 0.385. The molecule has 1 aliphatic rings. The van der Waals surface area contributed by atoms with Gasteiger partial charge in [-0.2, -0.15) is 0 Å². The highest BCUT2D eigenvalue weighted by molar-refractivity contribution is 5.88. The molecule has 0 saturated heterocycles. The van der Waals surface area contributed by atoms with E-state index < -0.39 is 0 Å². The van der Waals surface area contributed by atoms with Crippen LogP contribution in [-0.2, 0) is 11.3 Å². The van der Waals surface area contributed by atoms with E-state index in [9.17, 15) is 4.79 Å². The number of fused-ring (bicyclic) bond motifs is 1. The van der Waals surface area contributed by atoms with Crippen molar-refractivity contribution >= 4 is 17.6 Å². The topological polar surface area (TPSA) is 67.9 Å². The number of nitrogens with zero attached hydrogens (tertiary/aromatic N) is 2. The Labute approximate surface area is 106 Å². The van der Waals surface area contributed by atoms with Gasteiger partial charge in [0.25, 0.3) is 0 Å². The summed E-state index contributed by atoms with van der Waals surface area (Å²) in [4.78, 5) is 17.8. The molecule has 0 aliphatic carbocycles. The molecule has 18 heavy (non-hydrogen) atoms. The van der Waals surface area contributed by atoms with Crippen molar-refractivity contribution in [2.75, 3.05) is 6.54 Å². The lowest BCUT2D eigenvalue weighted by Crippen LogP contribution is -2.38. The molecule has 0 radical (unpaired) electrons. The Kier molecular flexibility index (Phi) is 3.50. The summed E-state index contributed by atoms with van der Waals surface area (Å²) in [6, 6.07) is 7.64. The van der Waals surface area contributed by atoms with E-state index in [0.29, 0.717) is 18.9 Å². The van der Waals surface area contributed by atoms with Crippen molar-refractivity contribution in [3.05, 3.63) is 29.8 Å². The van der Waals surface area contributed by atoms with Gasteiger partial charge in [-0.25, -0.2) is 9.79 Å². The van der Waals surface area contributed by atoms with Crippen molar-refractivity contribution in [3.63, 3.8) is 0 Å². The maximum absolute atomic E-state index is 11.9. The highest BCUT2D eigenvalue weighted by atomic mass is 16.6. The molecular formula is C13H17N3O2. The molecule has 5 nitrogen and oxygen atoms in total. The van der Waals surface area contributed by atoms with E-state index in [1.807, 2.05) is 38.1 Å². The van der Waals surface area contributed by atoms with Gasteiger partial charge in [0, 0.05) is 0 Å². The van der Waals surface area contributed by atoms with Crippen molar-refractivity contribution in [1.29, 1.82) is 0 Å². The summed E-state index contributed by atoms with van der Waals surface area (Å²) in [7, 11) is 0. The number of hydrogen-bond donors (Lipinski definition) is 1. The minimum absolute atomic E-state index is 0.144. The van der Waals surface area contributed by atoms with Gasteiger partial charge in [-0.1, -0.05) is 18.2 Å². The van der Waals surface area contributed by atoms with Crippen LogP contribution >= 0.6 is 0 Å². The van der Waals surface area contributed by atoms with Crippen molar-refractivity contribution in [2.24, 2.45) is 10.7 Å². The number of carbonyl (C=O) groups is 1. The Bertz CT molecular complexity index is 483. The minimum atomic E-state index is -0.361. The van der Waals surface area contributed by atoms with Crippen LogP contribution in [0.4, 0.5) is 10.5 Å². The molecule has 1 amide bonds. The number of amidine groups is 1. The lowest BCUT2D eigenvalue weighted by atomic mass is 10.2. The molecule has 1 aromatic carbocycles. The van der Waals surface area contributed by atoms with Crippen LogP contribution < -0.4 is 5.73 Å². The zero-order chi connectivity index (χ0) is 13.1. The second kappa shape index (κ2) is 5.08. The van der Waals surface area contributed by atoms with Gasteiger partial charge < -0.3 is 10.5 Å². The van der Waals surface area contributed by atoms with Crippen molar-refractivity contribution in [2.45, 2.75) is 26.5 Å². The minimum Gasteiger partial charge on any atom is -0.447 e. The van der Waals surface area contributed by atoms with Gasteiger partial charge in [0.2, 0.25) is 0 Å². The molecule has 2 rings (SSSR count). The smallest absolute Gasteiger partial charge is 0.410 e. The average molecular weight is 247 g/mol. The highest BCUT2D eigenvalue weighted by Gasteiger charge is 2.21. The van der Waals surface area contributed by atoms with E-state index in [4.69, 9.17) is 10.5 Å². The quantitative estimate of drug-likeness (QED) is 0.825. The summed E-state index contributed by atoms with van der Waals surface area (Å²) in [5.41, 5.74) is 7.59. The molecule has 5 heteroatoms. The normalized spacial score (nSPS) is 14.8. The van der Waals surface area contributed by atoms with Gasteiger partial charge in [-0.3, -0.25) is 4.90 Å². The largest absolute Gasteiger partial charge is 0.447 e. The molecule has 0 spiro atoms. The average Bonchev–Trinajstić information content (AvgIpc) is 2.45. The summed E-state index contributed by atoms with van der Waals surface area (Å²) in [5.74, 6) is 0.417. The van der Waals surface area contributed by atoms with Crippen LogP contribution in [0.25, 0.3) is 0 Å². The molecule has 1 aliphatic heterocycles. The molecular weight excluding hydrogens is 230 g/mol. The molecule has 1 heterocycles. The van der Waals surface area contributed by atoms with Gasteiger partial charge >= 0.3 is 6.09 Å². The van der Waals surface area contributed by atoms with Crippen molar-refractivity contribution in [1.82, 2.24) is 4.90 Å². The number of para-hydroxylation sites is 1. The first-order valence-electron chi connectivity index (χ1n) is 5.93.